The molecule has 0 fully saturated rings. The lowest BCUT2D eigenvalue weighted by atomic mass is 10.0. The number of hydrogen-bond acceptors (Lipinski definition) is 3. The van der Waals surface area contributed by atoms with Gasteiger partial charge in [0.1, 0.15) is 23.2 Å². The van der Waals surface area contributed by atoms with Gasteiger partial charge in [-0.3, -0.25) is 9.98 Å². The number of halogens is 1. The topological polar surface area (TPSA) is 34.5 Å². The molecule has 1 aliphatic rings. The van der Waals surface area contributed by atoms with E-state index in [1.807, 2.05) is 50.2 Å². The van der Waals surface area contributed by atoms with E-state index in [1.54, 1.807) is 12.3 Å². The monoisotopic (exact) mass is 320 g/mol. The second-order valence-electron chi connectivity index (χ2n) is 6.07. The Balaban J connectivity index is 1.92. The fraction of sp³-hybridized carbons (Fsp3) is 0.200. The molecule has 120 valence electrons. The number of para-hydroxylation sites is 2. The summed E-state index contributed by atoms with van der Waals surface area (Å²) in [6.07, 6.45) is 1.67. The largest absolute Gasteiger partial charge is 0.488 e. The maximum absolute atomic E-state index is 13.9. The smallest absolute Gasteiger partial charge is 0.149 e. The highest BCUT2D eigenvalue weighted by molar-refractivity contribution is 6.15. The zero-order chi connectivity index (χ0) is 16.7. The maximum Gasteiger partial charge on any atom is 0.149 e. The van der Waals surface area contributed by atoms with Gasteiger partial charge in [0, 0.05) is 22.7 Å². The summed E-state index contributed by atoms with van der Waals surface area (Å²) in [5, 5.41) is 0.763. The van der Waals surface area contributed by atoms with E-state index >= 15 is 0 Å². The van der Waals surface area contributed by atoms with Crippen molar-refractivity contribution in [1.29, 1.82) is 0 Å². The third-order valence-electron chi connectivity index (χ3n) is 4.40. The lowest BCUT2D eigenvalue weighted by Gasteiger charge is -2.15. The molecule has 2 heterocycles. The van der Waals surface area contributed by atoms with Crippen LogP contribution in [0, 0.1) is 5.82 Å². The van der Waals surface area contributed by atoms with Crippen LogP contribution in [-0.2, 0) is 0 Å². The van der Waals surface area contributed by atoms with E-state index in [4.69, 9.17) is 9.73 Å². The Morgan fingerprint density at radius 1 is 1.04 bits per heavy atom. The Hall–Kier alpha value is -2.75. The quantitative estimate of drug-likeness (QED) is 0.667. The minimum atomic E-state index is -0.312. The number of aromatic nitrogens is 1. The average Bonchev–Trinajstić information content (AvgIpc) is 2.72. The van der Waals surface area contributed by atoms with Crippen LogP contribution in [0.15, 0.2) is 59.7 Å². The van der Waals surface area contributed by atoms with Crippen molar-refractivity contribution in [2.75, 3.05) is 0 Å². The minimum Gasteiger partial charge on any atom is -0.488 e. The molecule has 0 saturated carbocycles. The second-order valence-corrected chi connectivity index (χ2v) is 6.07. The predicted molar refractivity (Wildman–Crippen MR) is 93.3 cm³/mol. The fourth-order valence-corrected chi connectivity index (χ4v) is 2.93. The van der Waals surface area contributed by atoms with Crippen molar-refractivity contribution in [3.63, 3.8) is 0 Å². The van der Waals surface area contributed by atoms with E-state index in [2.05, 4.69) is 4.98 Å². The summed E-state index contributed by atoms with van der Waals surface area (Å²) >= 11 is 0. The van der Waals surface area contributed by atoms with Gasteiger partial charge < -0.3 is 4.74 Å². The minimum absolute atomic E-state index is 0.00982. The van der Waals surface area contributed by atoms with Gasteiger partial charge in [0.25, 0.3) is 0 Å². The average molecular weight is 320 g/mol. The highest BCUT2D eigenvalue weighted by Crippen LogP contribution is 2.28. The van der Waals surface area contributed by atoms with Crippen LogP contribution < -0.4 is 4.74 Å². The van der Waals surface area contributed by atoms with Crippen LogP contribution in [0.5, 0.6) is 5.75 Å². The SMILES string of the molecule is C[C@@H]1N=C(c2cnc3c(F)cccc3c2)c2ccccc2O[C@@H]1C. The van der Waals surface area contributed by atoms with Gasteiger partial charge in [0.2, 0.25) is 0 Å². The first-order valence-corrected chi connectivity index (χ1v) is 8.02. The lowest BCUT2D eigenvalue weighted by Crippen LogP contribution is -2.23. The molecule has 2 aromatic carbocycles. The summed E-state index contributed by atoms with van der Waals surface area (Å²) in [6.45, 7) is 4.05. The first-order chi connectivity index (χ1) is 11.6. The van der Waals surface area contributed by atoms with Crippen molar-refractivity contribution in [2.24, 2.45) is 4.99 Å². The lowest BCUT2D eigenvalue weighted by molar-refractivity contribution is 0.200. The molecular formula is C20H17FN2O. The number of rotatable bonds is 1. The van der Waals surface area contributed by atoms with E-state index < -0.39 is 0 Å². The molecule has 0 unspecified atom stereocenters. The number of aliphatic imine (C=N–C) groups is 1. The molecule has 0 amide bonds. The molecule has 4 heteroatoms. The molecule has 1 aromatic heterocycles. The van der Waals surface area contributed by atoms with E-state index in [1.165, 1.54) is 6.07 Å². The Morgan fingerprint density at radius 2 is 1.88 bits per heavy atom. The van der Waals surface area contributed by atoms with Crippen molar-refractivity contribution in [3.05, 3.63) is 71.7 Å². The summed E-state index contributed by atoms with van der Waals surface area (Å²) < 4.78 is 19.9. The standard InChI is InChI=1S/C20H17FN2O/c1-12-13(2)24-18-9-4-3-7-16(18)19(23-12)15-10-14-6-5-8-17(21)20(14)22-11-15/h3-13H,1-2H3/t12-,13+/m0/s1. The number of pyridine rings is 1. The summed E-state index contributed by atoms with van der Waals surface area (Å²) in [6, 6.07) is 14.8. The summed E-state index contributed by atoms with van der Waals surface area (Å²) in [5.41, 5.74) is 3.01. The van der Waals surface area contributed by atoms with Crippen LogP contribution in [0.2, 0.25) is 0 Å². The van der Waals surface area contributed by atoms with Gasteiger partial charge >= 0.3 is 0 Å². The van der Waals surface area contributed by atoms with Crippen molar-refractivity contribution < 1.29 is 9.13 Å². The Bertz CT molecular complexity index is 951. The Kier molecular flexibility index (Phi) is 3.53. The van der Waals surface area contributed by atoms with E-state index in [0.29, 0.717) is 5.52 Å². The Morgan fingerprint density at radius 3 is 2.75 bits per heavy atom. The van der Waals surface area contributed by atoms with E-state index in [-0.39, 0.29) is 18.0 Å². The highest BCUT2D eigenvalue weighted by atomic mass is 19.1. The van der Waals surface area contributed by atoms with Crippen molar-refractivity contribution >= 4 is 16.6 Å². The van der Waals surface area contributed by atoms with Gasteiger partial charge in [0.05, 0.1) is 11.8 Å². The van der Waals surface area contributed by atoms with Crippen molar-refractivity contribution in [2.45, 2.75) is 26.0 Å². The zero-order valence-electron chi connectivity index (χ0n) is 13.5. The summed E-state index contributed by atoms with van der Waals surface area (Å²) in [7, 11) is 0. The summed E-state index contributed by atoms with van der Waals surface area (Å²) in [5.74, 6) is 0.500. The molecule has 0 N–H and O–H groups in total. The molecule has 0 radical (unpaired) electrons. The third kappa shape index (κ3) is 2.44. The van der Waals surface area contributed by atoms with Crippen molar-refractivity contribution in [3.8, 4) is 5.75 Å². The zero-order valence-corrected chi connectivity index (χ0v) is 13.5. The number of fused-ring (bicyclic) bond motifs is 2. The molecule has 2 atom stereocenters. The molecule has 24 heavy (non-hydrogen) atoms. The second kappa shape index (κ2) is 5.71. The van der Waals surface area contributed by atoms with E-state index in [9.17, 15) is 4.39 Å². The maximum atomic E-state index is 13.9. The molecule has 0 aliphatic carbocycles. The molecule has 0 spiro atoms. The number of hydrogen-bond donors (Lipinski definition) is 0. The van der Waals surface area contributed by atoms with Crippen LogP contribution in [0.4, 0.5) is 4.39 Å². The molecule has 1 aliphatic heterocycles. The highest BCUT2D eigenvalue weighted by Gasteiger charge is 2.23. The van der Waals surface area contributed by atoms with Gasteiger partial charge in [-0.15, -0.1) is 0 Å². The molecule has 4 rings (SSSR count). The molecule has 0 bridgehead atoms. The normalized spacial score (nSPS) is 20.0. The summed E-state index contributed by atoms with van der Waals surface area (Å²) in [4.78, 5) is 9.16. The van der Waals surface area contributed by atoms with Crippen LogP contribution in [0.3, 0.4) is 0 Å². The molecular weight excluding hydrogens is 303 g/mol. The van der Waals surface area contributed by atoms with Gasteiger partial charge in [-0.25, -0.2) is 4.39 Å². The molecule has 3 nitrogen and oxygen atoms in total. The van der Waals surface area contributed by atoms with Crippen molar-refractivity contribution in [1.82, 2.24) is 4.98 Å². The molecule has 0 saturated heterocycles. The van der Waals surface area contributed by atoms with Gasteiger partial charge in [0.15, 0.2) is 0 Å². The van der Waals surface area contributed by atoms with E-state index in [0.717, 1.165) is 28.0 Å². The van der Waals surface area contributed by atoms with Gasteiger partial charge in [-0.05, 0) is 38.1 Å². The van der Waals surface area contributed by atoms with Gasteiger partial charge in [-0.1, -0.05) is 24.3 Å². The van der Waals surface area contributed by atoms with Gasteiger partial charge in [-0.2, -0.15) is 0 Å². The molecule has 3 aromatic rings. The predicted octanol–water partition coefficient (Wildman–Crippen LogP) is 4.38. The Labute approximate surface area is 139 Å². The number of ether oxygens (including phenoxy) is 1. The number of nitrogens with zero attached hydrogens (tertiary/aromatic N) is 2. The fourth-order valence-electron chi connectivity index (χ4n) is 2.93. The first kappa shape index (κ1) is 14.8. The van der Waals surface area contributed by atoms with Crippen LogP contribution in [-0.4, -0.2) is 22.8 Å². The van der Waals surface area contributed by atoms with Crippen LogP contribution in [0.1, 0.15) is 25.0 Å². The number of benzene rings is 2. The first-order valence-electron chi connectivity index (χ1n) is 8.02. The van der Waals surface area contributed by atoms with Crippen LogP contribution in [0.25, 0.3) is 10.9 Å². The van der Waals surface area contributed by atoms with Crippen LogP contribution >= 0.6 is 0 Å². The third-order valence-corrected chi connectivity index (χ3v) is 4.40.